The van der Waals surface area contributed by atoms with E-state index < -0.39 is 23.2 Å². The van der Waals surface area contributed by atoms with Crippen molar-refractivity contribution in [2.24, 2.45) is 0 Å². The minimum Gasteiger partial charge on any atom is -0.496 e. The minimum atomic E-state index is -1.21. The molecule has 1 aromatic carbocycles. The van der Waals surface area contributed by atoms with Crippen LogP contribution >= 0.6 is 23.2 Å². The van der Waals surface area contributed by atoms with Crippen molar-refractivity contribution < 1.29 is 23.8 Å². The summed E-state index contributed by atoms with van der Waals surface area (Å²) in [7, 11) is 2.86. The number of hydrogen-bond acceptors (Lipinski definition) is 5. The van der Waals surface area contributed by atoms with Crippen LogP contribution in [0.5, 0.6) is 5.75 Å². The van der Waals surface area contributed by atoms with Gasteiger partial charge in [-0.05, 0) is 58.6 Å². The molecule has 0 aliphatic carbocycles. The van der Waals surface area contributed by atoms with E-state index >= 15 is 0 Å². The molecule has 0 saturated carbocycles. The maximum atomic E-state index is 12.8. The lowest BCUT2D eigenvalue weighted by atomic mass is 9.77. The van der Waals surface area contributed by atoms with Crippen LogP contribution in [0.1, 0.15) is 52.0 Å². The van der Waals surface area contributed by atoms with Crippen molar-refractivity contribution in [3.63, 3.8) is 0 Å². The fourth-order valence-electron chi connectivity index (χ4n) is 3.60. The number of methoxy groups -OCH3 is 2. The molecule has 1 saturated heterocycles. The quantitative estimate of drug-likeness (QED) is 0.626. The van der Waals surface area contributed by atoms with Gasteiger partial charge in [-0.2, -0.15) is 0 Å². The lowest BCUT2D eigenvalue weighted by molar-refractivity contribution is -0.156. The van der Waals surface area contributed by atoms with Crippen molar-refractivity contribution in [1.82, 2.24) is 4.90 Å². The Balaban J connectivity index is 2.43. The van der Waals surface area contributed by atoms with Gasteiger partial charge in [-0.1, -0.05) is 23.2 Å². The predicted molar refractivity (Wildman–Crippen MR) is 108 cm³/mol. The molecule has 0 aromatic heterocycles. The minimum absolute atomic E-state index is 0.149. The maximum absolute atomic E-state index is 12.8. The van der Waals surface area contributed by atoms with Crippen molar-refractivity contribution in [3.8, 4) is 5.75 Å². The number of amides is 1. The number of carbonyl (C=O) groups is 2. The molecule has 1 fully saturated rings. The summed E-state index contributed by atoms with van der Waals surface area (Å²) in [4.78, 5) is 26.9. The fourth-order valence-corrected chi connectivity index (χ4v) is 4.08. The van der Waals surface area contributed by atoms with Crippen LogP contribution in [0.15, 0.2) is 12.1 Å². The molecule has 28 heavy (non-hydrogen) atoms. The summed E-state index contributed by atoms with van der Waals surface area (Å²) in [6.07, 6.45) is 0.320. The Bertz CT molecular complexity index is 762. The highest BCUT2D eigenvalue weighted by molar-refractivity contribution is 6.42. The molecule has 2 rings (SSSR count). The van der Waals surface area contributed by atoms with Crippen LogP contribution in [0.2, 0.25) is 10.0 Å². The predicted octanol–water partition coefficient (Wildman–Crippen LogP) is 5.05. The Kier molecular flexibility index (Phi) is 6.77. The molecule has 6 nitrogen and oxygen atoms in total. The van der Waals surface area contributed by atoms with Crippen LogP contribution in [0, 0.1) is 0 Å². The maximum Gasteiger partial charge on any atom is 0.411 e. The van der Waals surface area contributed by atoms with E-state index in [9.17, 15) is 9.59 Å². The van der Waals surface area contributed by atoms with Gasteiger partial charge in [0.15, 0.2) is 0 Å². The molecule has 0 radical (unpaired) electrons. The normalized spacial score (nSPS) is 22.6. The second-order valence-electron chi connectivity index (χ2n) is 8.06. The van der Waals surface area contributed by atoms with Crippen LogP contribution in [-0.4, -0.2) is 48.9 Å². The van der Waals surface area contributed by atoms with Crippen LogP contribution in [0.3, 0.4) is 0 Å². The van der Waals surface area contributed by atoms with Gasteiger partial charge in [0.1, 0.15) is 16.9 Å². The monoisotopic (exact) mass is 431 g/mol. The zero-order chi connectivity index (χ0) is 21.3. The van der Waals surface area contributed by atoms with Gasteiger partial charge in [0, 0.05) is 12.1 Å². The number of likely N-dealkylation sites (tertiary alicyclic amines) is 1. The molecule has 0 spiro atoms. The number of benzene rings is 1. The van der Waals surface area contributed by atoms with Crippen molar-refractivity contribution in [3.05, 3.63) is 27.7 Å². The second-order valence-corrected chi connectivity index (χ2v) is 8.85. The second kappa shape index (κ2) is 8.37. The summed E-state index contributed by atoms with van der Waals surface area (Å²) in [6, 6.07) is 3.42. The number of halogens is 2. The Labute approximate surface area is 176 Å². The summed E-state index contributed by atoms with van der Waals surface area (Å²) >= 11 is 12.7. The van der Waals surface area contributed by atoms with E-state index in [1.165, 1.54) is 12.0 Å². The van der Waals surface area contributed by atoms with Crippen LogP contribution < -0.4 is 4.74 Å². The van der Waals surface area contributed by atoms with E-state index in [0.717, 1.165) is 5.56 Å². The number of ether oxygens (including phenoxy) is 3. The van der Waals surface area contributed by atoms with Gasteiger partial charge in [0.25, 0.3) is 0 Å². The Morgan fingerprint density at radius 3 is 2.39 bits per heavy atom. The largest absolute Gasteiger partial charge is 0.496 e. The molecule has 1 aromatic rings. The number of rotatable bonds is 3. The third kappa shape index (κ3) is 4.49. The van der Waals surface area contributed by atoms with Crippen molar-refractivity contribution in [2.45, 2.75) is 57.6 Å². The molecule has 2 unspecified atom stereocenters. The van der Waals surface area contributed by atoms with Gasteiger partial charge in [0.2, 0.25) is 0 Å². The first-order valence-corrected chi connectivity index (χ1v) is 9.81. The summed E-state index contributed by atoms with van der Waals surface area (Å²) in [5, 5.41) is 0.802. The molecule has 156 valence electrons. The number of nitrogens with zero attached hydrogens (tertiary/aromatic N) is 1. The van der Waals surface area contributed by atoms with Crippen LogP contribution in [0.4, 0.5) is 4.79 Å². The third-order valence-electron chi connectivity index (χ3n) is 4.90. The average molecular weight is 432 g/mol. The summed E-state index contributed by atoms with van der Waals surface area (Å²) in [6.45, 7) is 7.33. The molecule has 8 heteroatoms. The highest BCUT2D eigenvalue weighted by atomic mass is 35.5. The summed E-state index contributed by atoms with van der Waals surface area (Å²) in [5.41, 5.74) is -1.16. The van der Waals surface area contributed by atoms with Gasteiger partial charge in [-0.3, -0.25) is 4.90 Å². The van der Waals surface area contributed by atoms with Gasteiger partial charge < -0.3 is 14.2 Å². The van der Waals surface area contributed by atoms with Crippen LogP contribution in [0.25, 0.3) is 0 Å². The lowest BCUT2D eigenvalue weighted by Gasteiger charge is -2.45. The lowest BCUT2D eigenvalue weighted by Crippen LogP contribution is -2.60. The van der Waals surface area contributed by atoms with E-state index in [-0.39, 0.29) is 5.92 Å². The van der Waals surface area contributed by atoms with Gasteiger partial charge in [0.05, 0.1) is 24.3 Å². The van der Waals surface area contributed by atoms with Crippen molar-refractivity contribution in [1.29, 1.82) is 0 Å². The van der Waals surface area contributed by atoms with E-state index in [4.69, 9.17) is 37.4 Å². The number of esters is 1. The number of hydrogen-bond donors (Lipinski definition) is 0. The van der Waals surface area contributed by atoms with E-state index in [1.807, 2.05) is 0 Å². The topological polar surface area (TPSA) is 65.1 Å². The number of piperidine rings is 1. The standard InChI is InChI=1S/C20H27Cl2NO5/c1-19(2,3)28-18(25)23-10-9-12(11-20(23,4)17(24)27-6)15-14(26-5)8-7-13(21)16(15)22/h7-8,12H,9-11H2,1-6H3. The average Bonchev–Trinajstić information content (AvgIpc) is 2.61. The Morgan fingerprint density at radius 1 is 1.21 bits per heavy atom. The van der Waals surface area contributed by atoms with Crippen LogP contribution in [-0.2, 0) is 14.3 Å². The van der Waals surface area contributed by atoms with E-state index in [2.05, 4.69) is 0 Å². The first-order valence-electron chi connectivity index (χ1n) is 9.05. The molecule has 1 heterocycles. The molecule has 0 N–H and O–H groups in total. The molecular weight excluding hydrogens is 405 g/mol. The Morgan fingerprint density at radius 2 is 1.86 bits per heavy atom. The van der Waals surface area contributed by atoms with Gasteiger partial charge in [-0.15, -0.1) is 0 Å². The van der Waals surface area contributed by atoms with Crippen molar-refractivity contribution in [2.75, 3.05) is 20.8 Å². The van der Waals surface area contributed by atoms with Crippen molar-refractivity contribution >= 4 is 35.3 Å². The van der Waals surface area contributed by atoms with Gasteiger partial charge >= 0.3 is 12.1 Å². The summed E-state index contributed by atoms with van der Waals surface area (Å²) in [5.74, 6) is -0.0681. The van der Waals surface area contributed by atoms with E-state index in [1.54, 1.807) is 46.9 Å². The number of carbonyl (C=O) groups excluding carboxylic acids is 2. The molecule has 1 aliphatic heterocycles. The third-order valence-corrected chi connectivity index (χ3v) is 5.72. The SMILES string of the molecule is COC(=O)C1(C)CC(c2c(OC)ccc(Cl)c2Cl)CCN1C(=O)OC(C)(C)C. The molecular formula is C20H27Cl2NO5. The molecule has 1 amide bonds. The van der Waals surface area contributed by atoms with Gasteiger partial charge in [-0.25, -0.2) is 9.59 Å². The summed E-state index contributed by atoms with van der Waals surface area (Å²) < 4.78 is 16.0. The fraction of sp³-hybridized carbons (Fsp3) is 0.600. The smallest absolute Gasteiger partial charge is 0.411 e. The molecule has 1 aliphatic rings. The van der Waals surface area contributed by atoms with E-state index in [0.29, 0.717) is 35.2 Å². The zero-order valence-electron chi connectivity index (χ0n) is 17.1. The zero-order valence-corrected chi connectivity index (χ0v) is 18.6. The first kappa shape index (κ1) is 22.6. The molecule has 2 atom stereocenters. The highest BCUT2D eigenvalue weighted by Crippen LogP contribution is 2.46. The highest BCUT2D eigenvalue weighted by Gasteiger charge is 2.50. The first-order chi connectivity index (χ1) is 12.9. The Hall–Kier alpha value is -1.66. The molecule has 0 bridgehead atoms.